The van der Waals surface area contributed by atoms with E-state index in [1.54, 1.807) is 42.5 Å². The van der Waals surface area contributed by atoms with Gasteiger partial charge in [-0.25, -0.2) is 4.39 Å². The van der Waals surface area contributed by atoms with Crippen LogP contribution < -0.4 is 0 Å². The summed E-state index contributed by atoms with van der Waals surface area (Å²) in [6.07, 6.45) is 5.10. The number of aliphatic hydroxyl groups is 1. The van der Waals surface area contributed by atoms with Crippen LogP contribution in [0.1, 0.15) is 63.1 Å². The van der Waals surface area contributed by atoms with Crippen molar-refractivity contribution in [2.45, 2.75) is 52.0 Å². The molecule has 0 radical (unpaired) electrons. The lowest BCUT2D eigenvalue weighted by atomic mass is 9.95. The van der Waals surface area contributed by atoms with Crippen LogP contribution in [0, 0.1) is 5.82 Å². The van der Waals surface area contributed by atoms with Crippen molar-refractivity contribution in [3.05, 3.63) is 75.5 Å². The number of aliphatic hydroxyl groups excluding tert-OH is 1. The maximum absolute atomic E-state index is 14.9. The highest BCUT2D eigenvalue weighted by molar-refractivity contribution is 9.10. The van der Waals surface area contributed by atoms with Gasteiger partial charge in [0, 0.05) is 22.1 Å². The lowest BCUT2D eigenvalue weighted by molar-refractivity contribution is -0.140. The Labute approximate surface area is 215 Å². The molecule has 0 spiro atoms. The zero-order valence-electron chi connectivity index (χ0n) is 20.5. The summed E-state index contributed by atoms with van der Waals surface area (Å²) in [6, 6.07) is 12.0. The van der Waals surface area contributed by atoms with Gasteiger partial charge < -0.3 is 14.9 Å². The molecule has 0 bridgehead atoms. The molecule has 2 aromatic rings. The zero-order valence-corrected chi connectivity index (χ0v) is 22.1. The Morgan fingerprint density at radius 1 is 0.971 bits per heavy atom. The maximum Gasteiger partial charge on any atom is 0.295 e. The third kappa shape index (κ3) is 6.58. The monoisotopic (exact) mass is 544 g/mol. The lowest BCUT2D eigenvalue weighted by Gasteiger charge is -2.27. The smallest absolute Gasteiger partial charge is 0.295 e. The molecule has 2 aromatic carbocycles. The Morgan fingerprint density at radius 2 is 1.57 bits per heavy atom. The number of ketones is 1. The largest absolute Gasteiger partial charge is 0.507 e. The zero-order chi connectivity index (χ0) is 25.4. The number of carbonyl (C=O) groups excluding carboxylic acids is 2. The molecule has 0 unspecified atom stereocenters. The highest BCUT2D eigenvalue weighted by atomic mass is 79.9. The van der Waals surface area contributed by atoms with Crippen LogP contribution >= 0.6 is 15.9 Å². The van der Waals surface area contributed by atoms with E-state index >= 15 is 0 Å². The van der Waals surface area contributed by atoms with Gasteiger partial charge in [-0.05, 0) is 57.1 Å². The van der Waals surface area contributed by atoms with Crippen molar-refractivity contribution in [2.75, 3.05) is 26.2 Å². The Kier molecular flexibility index (Phi) is 10.0. The van der Waals surface area contributed by atoms with Gasteiger partial charge in [-0.15, -0.1) is 0 Å². The summed E-state index contributed by atoms with van der Waals surface area (Å²) in [7, 11) is 0. The van der Waals surface area contributed by atoms with Crippen LogP contribution in [-0.2, 0) is 9.59 Å². The molecule has 1 atom stereocenters. The molecule has 35 heavy (non-hydrogen) atoms. The number of amides is 1. The highest BCUT2D eigenvalue weighted by Crippen LogP contribution is 2.40. The number of halogens is 2. The molecule has 1 heterocycles. The summed E-state index contributed by atoms with van der Waals surface area (Å²) in [6.45, 7) is 7.41. The van der Waals surface area contributed by atoms with E-state index in [0.29, 0.717) is 18.5 Å². The van der Waals surface area contributed by atoms with Gasteiger partial charge in [0.1, 0.15) is 11.6 Å². The minimum atomic E-state index is -0.973. The van der Waals surface area contributed by atoms with Crippen molar-refractivity contribution in [3.8, 4) is 0 Å². The Morgan fingerprint density at radius 3 is 2.17 bits per heavy atom. The van der Waals surface area contributed by atoms with Gasteiger partial charge in [0.2, 0.25) is 0 Å². The first kappa shape index (κ1) is 27.1. The van der Waals surface area contributed by atoms with Crippen molar-refractivity contribution in [1.29, 1.82) is 0 Å². The van der Waals surface area contributed by atoms with Gasteiger partial charge in [0.25, 0.3) is 11.7 Å². The van der Waals surface area contributed by atoms with Crippen LogP contribution in [0.3, 0.4) is 0 Å². The number of benzene rings is 2. The van der Waals surface area contributed by atoms with Gasteiger partial charge >= 0.3 is 0 Å². The summed E-state index contributed by atoms with van der Waals surface area (Å²) in [5.41, 5.74) is 0.535. The molecule has 0 saturated carbocycles. The summed E-state index contributed by atoms with van der Waals surface area (Å²) >= 11 is 3.36. The number of nitrogens with zero attached hydrogens (tertiary/aromatic N) is 2. The number of Topliss-reactive ketones (excluding diaryl/α,β-unsaturated/α-hetero) is 1. The fraction of sp³-hybridized carbons (Fsp3) is 0.429. The van der Waals surface area contributed by atoms with Crippen molar-refractivity contribution >= 4 is 33.4 Å². The lowest BCUT2D eigenvalue weighted by Crippen LogP contribution is -2.34. The second kappa shape index (κ2) is 13.0. The minimum absolute atomic E-state index is 0.0729. The van der Waals surface area contributed by atoms with Crippen LogP contribution in [0.5, 0.6) is 0 Å². The Hall–Kier alpha value is -2.51. The average Bonchev–Trinajstić information content (AvgIpc) is 3.10. The van der Waals surface area contributed by atoms with E-state index in [0.717, 1.165) is 49.8 Å². The fourth-order valence-corrected chi connectivity index (χ4v) is 4.72. The number of likely N-dealkylation sites (tertiary alicyclic amines) is 1. The van der Waals surface area contributed by atoms with E-state index in [-0.39, 0.29) is 16.9 Å². The van der Waals surface area contributed by atoms with Crippen molar-refractivity contribution < 1.29 is 19.1 Å². The molecule has 7 heteroatoms. The molecule has 188 valence electrons. The topological polar surface area (TPSA) is 60.9 Å². The maximum atomic E-state index is 14.9. The second-order valence-electron chi connectivity index (χ2n) is 8.92. The van der Waals surface area contributed by atoms with Crippen molar-refractivity contribution in [2.24, 2.45) is 0 Å². The average molecular weight is 545 g/mol. The van der Waals surface area contributed by atoms with Gasteiger partial charge in [-0.3, -0.25) is 9.59 Å². The molecular weight excluding hydrogens is 511 g/mol. The summed E-state index contributed by atoms with van der Waals surface area (Å²) in [4.78, 5) is 30.0. The first-order chi connectivity index (χ1) is 16.9. The van der Waals surface area contributed by atoms with Crippen LogP contribution in [0.2, 0.25) is 0 Å². The molecule has 3 rings (SSSR count). The van der Waals surface area contributed by atoms with E-state index < -0.39 is 23.5 Å². The molecule has 1 aliphatic heterocycles. The minimum Gasteiger partial charge on any atom is -0.507 e. The number of rotatable bonds is 12. The molecular formula is C28H34BrFN2O3. The predicted molar refractivity (Wildman–Crippen MR) is 140 cm³/mol. The van der Waals surface area contributed by atoms with E-state index in [9.17, 15) is 19.1 Å². The van der Waals surface area contributed by atoms with Crippen LogP contribution in [0.15, 0.2) is 58.6 Å². The summed E-state index contributed by atoms with van der Waals surface area (Å²) < 4.78 is 15.7. The van der Waals surface area contributed by atoms with E-state index in [1.807, 2.05) is 0 Å². The van der Waals surface area contributed by atoms with E-state index in [4.69, 9.17) is 0 Å². The molecule has 1 saturated heterocycles. The molecule has 0 aliphatic carbocycles. The fourth-order valence-electron chi connectivity index (χ4n) is 4.46. The van der Waals surface area contributed by atoms with Gasteiger partial charge in [-0.2, -0.15) is 0 Å². The SMILES string of the molecule is CCCCN(CCCC)CCCN1C(=O)C(=O)C(=C(O)c2ccc(Br)cc2)[C@H]1c1ccccc1F. The van der Waals surface area contributed by atoms with Crippen LogP contribution in [0.4, 0.5) is 4.39 Å². The number of hydrogen-bond donors (Lipinski definition) is 1. The Bertz CT molecular complexity index is 1050. The molecule has 0 aromatic heterocycles. The van der Waals surface area contributed by atoms with E-state index in [2.05, 4.69) is 34.7 Å². The van der Waals surface area contributed by atoms with Crippen LogP contribution in [0.25, 0.3) is 5.76 Å². The Balaban J connectivity index is 1.92. The first-order valence-corrected chi connectivity index (χ1v) is 13.2. The van der Waals surface area contributed by atoms with Gasteiger partial charge in [0.15, 0.2) is 0 Å². The van der Waals surface area contributed by atoms with Crippen LogP contribution in [-0.4, -0.2) is 52.8 Å². The van der Waals surface area contributed by atoms with Gasteiger partial charge in [-0.1, -0.05) is 73.0 Å². The number of carbonyl (C=O) groups is 2. The second-order valence-corrected chi connectivity index (χ2v) is 9.84. The molecule has 1 N–H and O–H groups in total. The first-order valence-electron chi connectivity index (χ1n) is 12.4. The highest BCUT2D eigenvalue weighted by Gasteiger charge is 2.46. The van der Waals surface area contributed by atoms with Crippen molar-refractivity contribution in [3.63, 3.8) is 0 Å². The third-order valence-corrected chi connectivity index (χ3v) is 6.92. The molecule has 1 aliphatic rings. The van der Waals surface area contributed by atoms with Gasteiger partial charge in [0.05, 0.1) is 11.6 Å². The predicted octanol–water partition coefficient (Wildman–Crippen LogP) is 6.30. The third-order valence-electron chi connectivity index (χ3n) is 6.39. The summed E-state index contributed by atoms with van der Waals surface area (Å²) in [5.74, 6) is -2.30. The number of unbranched alkanes of at least 4 members (excludes halogenated alkanes) is 2. The summed E-state index contributed by atoms with van der Waals surface area (Å²) in [5, 5.41) is 11.1. The quantitative estimate of drug-likeness (QED) is 0.193. The standard InChI is InChI=1S/C28H34BrFN2O3/c1-3-5-16-31(17-6-4-2)18-9-19-32-25(22-10-7-8-11-23(22)30)24(27(34)28(32)35)26(33)20-12-14-21(29)15-13-20/h7-8,10-15,25,33H,3-6,9,16-19H2,1-2H3/t25-/m1/s1. The number of hydrogen-bond acceptors (Lipinski definition) is 4. The van der Waals surface area contributed by atoms with Crippen molar-refractivity contribution in [1.82, 2.24) is 9.80 Å². The molecule has 5 nitrogen and oxygen atoms in total. The molecule has 1 amide bonds. The van der Waals surface area contributed by atoms with E-state index in [1.165, 1.54) is 11.0 Å². The normalized spacial score (nSPS) is 17.5. The molecule has 1 fully saturated rings.